The number of nitrogens with zero attached hydrogens (tertiary/aromatic N) is 1. The summed E-state index contributed by atoms with van der Waals surface area (Å²) >= 11 is 5.82. The van der Waals surface area contributed by atoms with Crippen molar-refractivity contribution in [2.45, 2.75) is 6.92 Å². The zero-order chi connectivity index (χ0) is 11.4. The van der Waals surface area contributed by atoms with Crippen LogP contribution in [0.4, 0.5) is 0 Å². The molecule has 82 valence electrons. The Bertz CT molecular complexity index is 366. The zero-order valence-corrected chi connectivity index (χ0v) is 9.58. The smallest absolute Gasteiger partial charge is 0.253 e. The highest BCUT2D eigenvalue weighted by molar-refractivity contribution is 6.31. The number of carbonyl (C=O) groups excluding carboxylic acids is 1. The molecule has 0 aromatic heterocycles. The first kappa shape index (κ1) is 12.0. The highest BCUT2D eigenvalue weighted by atomic mass is 35.5. The molecule has 1 aromatic rings. The zero-order valence-electron chi connectivity index (χ0n) is 8.83. The molecule has 1 N–H and O–H groups in total. The molecule has 0 radical (unpaired) electrons. The van der Waals surface area contributed by atoms with Crippen LogP contribution in [0, 0.1) is 6.92 Å². The Labute approximate surface area is 94.3 Å². The van der Waals surface area contributed by atoms with Crippen LogP contribution in [0.2, 0.25) is 5.02 Å². The summed E-state index contributed by atoms with van der Waals surface area (Å²) in [5.74, 6) is -0.121. The monoisotopic (exact) mass is 227 g/mol. The van der Waals surface area contributed by atoms with E-state index >= 15 is 0 Å². The van der Waals surface area contributed by atoms with Gasteiger partial charge in [0, 0.05) is 24.2 Å². The van der Waals surface area contributed by atoms with Gasteiger partial charge in [0.1, 0.15) is 0 Å². The third kappa shape index (κ3) is 2.94. The Morgan fingerprint density at radius 1 is 1.53 bits per heavy atom. The van der Waals surface area contributed by atoms with Crippen LogP contribution < -0.4 is 0 Å². The number of halogens is 1. The number of hydrogen-bond acceptors (Lipinski definition) is 2. The number of hydrogen-bond donors (Lipinski definition) is 1. The summed E-state index contributed by atoms with van der Waals surface area (Å²) in [6, 6.07) is 5.20. The second-order valence-electron chi connectivity index (χ2n) is 3.41. The van der Waals surface area contributed by atoms with Crippen molar-refractivity contribution in [2.75, 3.05) is 20.2 Å². The molecule has 0 spiro atoms. The van der Waals surface area contributed by atoms with Gasteiger partial charge >= 0.3 is 0 Å². The van der Waals surface area contributed by atoms with Crippen molar-refractivity contribution in [3.8, 4) is 0 Å². The van der Waals surface area contributed by atoms with Crippen molar-refractivity contribution in [3.63, 3.8) is 0 Å². The maximum absolute atomic E-state index is 11.9. The molecule has 1 amide bonds. The lowest BCUT2D eigenvalue weighted by molar-refractivity contribution is 0.0766. The molecule has 0 saturated heterocycles. The molecule has 0 aliphatic carbocycles. The topological polar surface area (TPSA) is 40.5 Å². The largest absolute Gasteiger partial charge is 0.395 e. The fraction of sp³-hybridized carbons (Fsp3) is 0.364. The third-order valence-corrected chi connectivity index (χ3v) is 2.45. The van der Waals surface area contributed by atoms with Crippen LogP contribution in [0.5, 0.6) is 0 Å². The summed E-state index contributed by atoms with van der Waals surface area (Å²) < 4.78 is 0. The van der Waals surface area contributed by atoms with Gasteiger partial charge in [0.25, 0.3) is 5.91 Å². The van der Waals surface area contributed by atoms with Crippen molar-refractivity contribution in [1.82, 2.24) is 4.90 Å². The quantitative estimate of drug-likeness (QED) is 0.854. The summed E-state index contributed by atoms with van der Waals surface area (Å²) in [5, 5.41) is 9.28. The van der Waals surface area contributed by atoms with Gasteiger partial charge in [0.05, 0.1) is 6.61 Å². The van der Waals surface area contributed by atoms with Gasteiger partial charge in [-0.25, -0.2) is 0 Å². The van der Waals surface area contributed by atoms with Crippen LogP contribution in [0.1, 0.15) is 15.9 Å². The molecule has 1 aromatic carbocycles. The Kier molecular flexibility index (Phi) is 4.12. The summed E-state index contributed by atoms with van der Waals surface area (Å²) in [5.41, 5.74) is 1.47. The van der Waals surface area contributed by atoms with E-state index in [1.807, 2.05) is 13.0 Å². The molecule has 3 nitrogen and oxygen atoms in total. The van der Waals surface area contributed by atoms with Crippen LogP contribution in [-0.4, -0.2) is 36.1 Å². The van der Waals surface area contributed by atoms with Gasteiger partial charge in [-0.05, 0) is 24.6 Å². The van der Waals surface area contributed by atoms with Crippen LogP contribution in [0.3, 0.4) is 0 Å². The number of amides is 1. The summed E-state index contributed by atoms with van der Waals surface area (Å²) in [7, 11) is 1.65. The SMILES string of the molecule is Cc1ccc(Cl)cc1C(=O)N(C)CCO. The molecule has 0 unspecified atom stereocenters. The van der Waals surface area contributed by atoms with E-state index in [1.54, 1.807) is 19.2 Å². The maximum atomic E-state index is 11.9. The van der Waals surface area contributed by atoms with Crippen LogP contribution in [-0.2, 0) is 0 Å². The standard InChI is InChI=1S/C11H14ClNO2/c1-8-3-4-9(12)7-10(8)11(15)13(2)5-6-14/h3-4,7,14H,5-6H2,1-2H3. The van der Waals surface area contributed by atoms with Crippen LogP contribution >= 0.6 is 11.6 Å². The first-order chi connectivity index (χ1) is 7.06. The second kappa shape index (κ2) is 5.14. The number of likely N-dealkylation sites (N-methyl/N-ethyl adjacent to an activating group) is 1. The molecule has 0 fully saturated rings. The van der Waals surface area contributed by atoms with E-state index in [0.717, 1.165) is 5.56 Å². The molecule has 0 atom stereocenters. The fourth-order valence-corrected chi connectivity index (χ4v) is 1.45. The van der Waals surface area contributed by atoms with E-state index < -0.39 is 0 Å². The van der Waals surface area contributed by atoms with Crippen LogP contribution in [0.15, 0.2) is 18.2 Å². The third-order valence-electron chi connectivity index (χ3n) is 2.21. The Balaban J connectivity index is 2.95. The molecule has 0 aliphatic heterocycles. The minimum Gasteiger partial charge on any atom is -0.395 e. The molecular weight excluding hydrogens is 214 g/mol. The van der Waals surface area contributed by atoms with Gasteiger partial charge in [-0.2, -0.15) is 0 Å². The minimum absolute atomic E-state index is 0.0398. The molecule has 0 heterocycles. The molecule has 0 aliphatic rings. The van der Waals surface area contributed by atoms with Gasteiger partial charge in [0.15, 0.2) is 0 Å². The fourth-order valence-electron chi connectivity index (χ4n) is 1.28. The lowest BCUT2D eigenvalue weighted by Gasteiger charge is -2.17. The average Bonchev–Trinajstić information content (AvgIpc) is 2.21. The van der Waals surface area contributed by atoms with Crippen molar-refractivity contribution >= 4 is 17.5 Å². The van der Waals surface area contributed by atoms with Crippen molar-refractivity contribution < 1.29 is 9.90 Å². The van der Waals surface area contributed by atoms with Gasteiger partial charge in [0.2, 0.25) is 0 Å². The predicted octanol–water partition coefficient (Wildman–Crippen LogP) is 1.71. The number of aryl methyl sites for hydroxylation is 1. The molecule has 4 heteroatoms. The minimum atomic E-state index is -0.121. The lowest BCUT2D eigenvalue weighted by Crippen LogP contribution is -2.29. The van der Waals surface area contributed by atoms with E-state index in [0.29, 0.717) is 17.1 Å². The molecular formula is C11H14ClNO2. The second-order valence-corrected chi connectivity index (χ2v) is 3.85. The summed E-state index contributed by atoms with van der Waals surface area (Å²) in [4.78, 5) is 13.3. The predicted molar refractivity (Wildman–Crippen MR) is 60.2 cm³/mol. The van der Waals surface area contributed by atoms with Gasteiger partial charge in [-0.15, -0.1) is 0 Å². The number of rotatable bonds is 3. The first-order valence-electron chi connectivity index (χ1n) is 4.68. The summed E-state index contributed by atoms with van der Waals surface area (Å²) in [6.07, 6.45) is 0. The Morgan fingerprint density at radius 3 is 2.80 bits per heavy atom. The molecule has 1 rings (SSSR count). The summed E-state index contributed by atoms with van der Waals surface area (Å²) in [6.45, 7) is 2.14. The maximum Gasteiger partial charge on any atom is 0.253 e. The van der Waals surface area contributed by atoms with Gasteiger partial charge < -0.3 is 10.0 Å². The highest BCUT2D eigenvalue weighted by Crippen LogP contribution is 2.16. The van der Waals surface area contributed by atoms with E-state index in [9.17, 15) is 4.79 Å². The van der Waals surface area contributed by atoms with Crippen LogP contribution in [0.25, 0.3) is 0 Å². The van der Waals surface area contributed by atoms with Crippen molar-refractivity contribution in [3.05, 3.63) is 34.3 Å². The van der Waals surface area contributed by atoms with Crippen molar-refractivity contribution in [1.29, 1.82) is 0 Å². The first-order valence-corrected chi connectivity index (χ1v) is 5.06. The molecule has 15 heavy (non-hydrogen) atoms. The number of carbonyl (C=O) groups is 1. The van der Waals surface area contributed by atoms with E-state index in [4.69, 9.17) is 16.7 Å². The van der Waals surface area contributed by atoms with Crippen molar-refractivity contribution in [2.24, 2.45) is 0 Å². The Hall–Kier alpha value is -1.06. The van der Waals surface area contributed by atoms with E-state index in [1.165, 1.54) is 4.90 Å². The highest BCUT2D eigenvalue weighted by Gasteiger charge is 2.13. The molecule has 0 bridgehead atoms. The van der Waals surface area contributed by atoms with Gasteiger partial charge in [-0.3, -0.25) is 4.79 Å². The van der Waals surface area contributed by atoms with E-state index in [2.05, 4.69) is 0 Å². The average molecular weight is 228 g/mol. The number of aliphatic hydroxyl groups excluding tert-OH is 1. The molecule has 0 saturated carbocycles. The normalized spacial score (nSPS) is 10.1. The van der Waals surface area contributed by atoms with Gasteiger partial charge in [-0.1, -0.05) is 17.7 Å². The lowest BCUT2D eigenvalue weighted by atomic mass is 10.1. The Morgan fingerprint density at radius 2 is 2.20 bits per heavy atom. The van der Waals surface area contributed by atoms with E-state index in [-0.39, 0.29) is 12.5 Å². The number of benzene rings is 1. The number of aliphatic hydroxyl groups is 1.